The second kappa shape index (κ2) is 5.11. The first-order chi connectivity index (χ1) is 6.34. The molecule has 0 aromatic heterocycles. The fourth-order valence-corrected chi connectivity index (χ4v) is 0.899. The Bertz CT molecular complexity index is 269. The van der Waals surface area contributed by atoms with Crippen LogP contribution in [0.25, 0.3) is 0 Å². The summed E-state index contributed by atoms with van der Waals surface area (Å²) in [6.45, 7) is 1.08. The predicted octanol–water partition coefficient (Wildman–Crippen LogP) is -0.889. The maximum Gasteiger partial charge on any atom is 0.314 e. The van der Waals surface area contributed by atoms with Crippen LogP contribution in [0.1, 0.15) is 19.8 Å². The van der Waals surface area contributed by atoms with E-state index in [4.69, 9.17) is 10.8 Å². The van der Waals surface area contributed by atoms with E-state index in [9.17, 15) is 19.2 Å². The number of hydrogen-bond acceptors (Lipinski definition) is 4. The highest BCUT2D eigenvalue weighted by atomic mass is 16.4. The number of Topliss-reactive ketones (excluding diaryl/α,β-unsaturated/α-hetero) is 2. The van der Waals surface area contributed by atoms with Crippen LogP contribution in [0.3, 0.4) is 0 Å². The van der Waals surface area contributed by atoms with Crippen molar-refractivity contribution >= 4 is 23.4 Å². The Morgan fingerprint density at radius 1 is 1.29 bits per heavy atom. The summed E-state index contributed by atoms with van der Waals surface area (Å²) in [5.41, 5.74) is 4.73. The van der Waals surface area contributed by atoms with Crippen molar-refractivity contribution < 1.29 is 24.3 Å². The smallest absolute Gasteiger partial charge is 0.314 e. The lowest BCUT2D eigenvalue weighted by Crippen LogP contribution is -2.26. The van der Waals surface area contributed by atoms with Crippen LogP contribution in [0, 0.1) is 5.92 Å². The van der Waals surface area contributed by atoms with Gasteiger partial charge in [-0.05, 0) is 6.92 Å². The van der Waals surface area contributed by atoms with Gasteiger partial charge in [0.05, 0.1) is 6.42 Å². The molecule has 0 saturated carbocycles. The van der Waals surface area contributed by atoms with Crippen LogP contribution in [0.5, 0.6) is 0 Å². The predicted molar refractivity (Wildman–Crippen MR) is 45.2 cm³/mol. The summed E-state index contributed by atoms with van der Waals surface area (Å²) >= 11 is 0. The van der Waals surface area contributed by atoms with Crippen molar-refractivity contribution in [3.63, 3.8) is 0 Å². The first-order valence-corrected chi connectivity index (χ1v) is 3.88. The Morgan fingerprint density at radius 3 is 2.07 bits per heavy atom. The zero-order chi connectivity index (χ0) is 11.3. The van der Waals surface area contributed by atoms with Crippen LogP contribution in [0.15, 0.2) is 0 Å². The molecule has 6 nitrogen and oxygen atoms in total. The standard InChI is InChI=1S/C8H11NO5/c1-4(10)6(8(13)14)2-5(11)3-7(9)12/h6H,2-3H2,1H3,(H2,9,12)(H,13,14). The van der Waals surface area contributed by atoms with Gasteiger partial charge in [0, 0.05) is 6.42 Å². The zero-order valence-corrected chi connectivity index (χ0v) is 7.65. The second-order valence-corrected chi connectivity index (χ2v) is 2.89. The first kappa shape index (κ1) is 12.3. The molecule has 0 fully saturated rings. The van der Waals surface area contributed by atoms with Crippen LogP contribution in [0.2, 0.25) is 0 Å². The number of primary amides is 1. The van der Waals surface area contributed by atoms with E-state index in [0.29, 0.717) is 0 Å². The summed E-state index contributed by atoms with van der Waals surface area (Å²) in [5.74, 6) is -4.82. The largest absolute Gasteiger partial charge is 0.481 e. The number of carboxylic acid groups (broad SMARTS) is 1. The molecule has 1 amide bonds. The molecule has 0 aromatic carbocycles. The number of rotatable bonds is 6. The number of aliphatic carboxylic acids is 1. The molecular formula is C8H11NO5. The second-order valence-electron chi connectivity index (χ2n) is 2.89. The van der Waals surface area contributed by atoms with E-state index < -0.39 is 42.2 Å². The number of hydrogen-bond donors (Lipinski definition) is 2. The Morgan fingerprint density at radius 2 is 1.79 bits per heavy atom. The third-order valence-electron chi connectivity index (χ3n) is 1.59. The van der Waals surface area contributed by atoms with Gasteiger partial charge in [-0.25, -0.2) is 0 Å². The van der Waals surface area contributed by atoms with Crippen molar-refractivity contribution in [2.75, 3.05) is 0 Å². The van der Waals surface area contributed by atoms with Crippen LogP contribution in [-0.2, 0) is 19.2 Å². The van der Waals surface area contributed by atoms with E-state index in [1.54, 1.807) is 0 Å². The maximum absolute atomic E-state index is 11.0. The molecule has 0 heterocycles. The Labute approximate surface area is 80.1 Å². The molecule has 0 rings (SSSR count). The number of nitrogens with two attached hydrogens (primary N) is 1. The zero-order valence-electron chi connectivity index (χ0n) is 7.65. The third-order valence-corrected chi connectivity index (χ3v) is 1.59. The van der Waals surface area contributed by atoms with Gasteiger partial charge in [0.1, 0.15) is 17.5 Å². The van der Waals surface area contributed by atoms with E-state index in [1.165, 1.54) is 0 Å². The van der Waals surface area contributed by atoms with Crippen LogP contribution < -0.4 is 5.73 Å². The van der Waals surface area contributed by atoms with Gasteiger partial charge in [0.25, 0.3) is 0 Å². The lowest BCUT2D eigenvalue weighted by atomic mass is 9.97. The highest BCUT2D eigenvalue weighted by Crippen LogP contribution is 2.07. The molecule has 78 valence electrons. The van der Waals surface area contributed by atoms with Gasteiger partial charge in [0.2, 0.25) is 5.91 Å². The average molecular weight is 201 g/mol. The van der Waals surface area contributed by atoms with E-state index in [2.05, 4.69) is 0 Å². The van der Waals surface area contributed by atoms with Crippen molar-refractivity contribution in [2.45, 2.75) is 19.8 Å². The molecule has 14 heavy (non-hydrogen) atoms. The topological polar surface area (TPSA) is 115 Å². The summed E-state index contributed by atoms with van der Waals surface area (Å²) in [7, 11) is 0. The highest BCUT2D eigenvalue weighted by molar-refractivity contribution is 6.04. The molecule has 0 aliphatic carbocycles. The van der Waals surface area contributed by atoms with Gasteiger partial charge < -0.3 is 10.8 Å². The summed E-state index contributed by atoms with van der Waals surface area (Å²) in [4.78, 5) is 42.5. The van der Waals surface area contributed by atoms with Crippen molar-refractivity contribution in [3.05, 3.63) is 0 Å². The van der Waals surface area contributed by atoms with Crippen molar-refractivity contribution in [3.8, 4) is 0 Å². The molecule has 1 atom stereocenters. The van der Waals surface area contributed by atoms with E-state index >= 15 is 0 Å². The summed E-state index contributed by atoms with van der Waals surface area (Å²) in [6.07, 6.45) is -1.01. The molecule has 1 unspecified atom stereocenters. The molecule has 0 aliphatic heterocycles. The monoisotopic (exact) mass is 201 g/mol. The Hall–Kier alpha value is -1.72. The number of carbonyl (C=O) groups excluding carboxylic acids is 3. The lowest BCUT2D eigenvalue weighted by molar-refractivity contribution is -0.148. The molecule has 0 aromatic rings. The fourth-order valence-electron chi connectivity index (χ4n) is 0.899. The molecule has 0 bridgehead atoms. The van der Waals surface area contributed by atoms with E-state index in [-0.39, 0.29) is 0 Å². The third kappa shape index (κ3) is 4.34. The molecule has 0 spiro atoms. The van der Waals surface area contributed by atoms with Gasteiger partial charge in [-0.2, -0.15) is 0 Å². The molecular weight excluding hydrogens is 190 g/mol. The minimum absolute atomic E-state index is 0.479. The minimum Gasteiger partial charge on any atom is -0.481 e. The van der Waals surface area contributed by atoms with Crippen LogP contribution >= 0.6 is 0 Å². The van der Waals surface area contributed by atoms with Crippen LogP contribution in [-0.4, -0.2) is 28.5 Å². The van der Waals surface area contributed by atoms with Crippen LogP contribution in [0.4, 0.5) is 0 Å². The number of amides is 1. The molecule has 3 N–H and O–H groups in total. The summed E-state index contributed by atoms with van der Waals surface area (Å²) in [6, 6.07) is 0. The number of ketones is 2. The van der Waals surface area contributed by atoms with Gasteiger partial charge in [-0.15, -0.1) is 0 Å². The quantitative estimate of drug-likeness (QED) is 0.541. The molecule has 6 heteroatoms. The first-order valence-electron chi connectivity index (χ1n) is 3.88. The molecule has 0 aliphatic rings. The van der Waals surface area contributed by atoms with Crippen molar-refractivity contribution in [1.82, 2.24) is 0 Å². The highest BCUT2D eigenvalue weighted by Gasteiger charge is 2.25. The molecule has 0 saturated heterocycles. The van der Waals surface area contributed by atoms with Crippen molar-refractivity contribution in [1.29, 1.82) is 0 Å². The Kier molecular flexibility index (Phi) is 4.48. The average Bonchev–Trinajstić information content (AvgIpc) is 1.97. The number of carbonyl (C=O) groups is 4. The van der Waals surface area contributed by atoms with Gasteiger partial charge in [-0.1, -0.05) is 0 Å². The lowest BCUT2D eigenvalue weighted by Gasteiger charge is -2.06. The normalized spacial score (nSPS) is 11.8. The maximum atomic E-state index is 11.0. The van der Waals surface area contributed by atoms with E-state index in [0.717, 1.165) is 6.92 Å². The fraction of sp³-hybridized carbons (Fsp3) is 0.500. The SMILES string of the molecule is CC(=O)C(CC(=O)CC(N)=O)C(=O)O. The van der Waals surface area contributed by atoms with Gasteiger partial charge >= 0.3 is 5.97 Å². The molecule has 0 radical (unpaired) electrons. The van der Waals surface area contributed by atoms with Crippen molar-refractivity contribution in [2.24, 2.45) is 11.7 Å². The summed E-state index contributed by atoms with van der Waals surface area (Å²) in [5, 5.41) is 8.54. The van der Waals surface area contributed by atoms with Gasteiger partial charge in [0.15, 0.2) is 0 Å². The summed E-state index contributed by atoms with van der Waals surface area (Å²) < 4.78 is 0. The number of carboxylic acids is 1. The minimum atomic E-state index is -1.37. The van der Waals surface area contributed by atoms with E-state index in [1.807, 2.05) is 0 Å². The van der Waals surface area contributed by atoms with Gasteiger partial charge in [-0.3, -0.25) is 19.2 Å². The Balaban J connectivity index is 4.31.